The molecule has 0 aliphatic carbocycles. The van der Waals surface area contributed by atoms with Crippen LogP contribution in [-0.4, -0.2) is 87.0 Å². The summed E-state index contributed by atoms with van der Waals surface area (Å²) in [5.41, 5.74) is -0.123. The molecular formula is C45H64N2O12. The van der Waals surface area contributed by atoms with Crippen LogP contribution in [0.25, 0.3) is 10.8 Å². The number of aliphatic hydroxyl groups is 2. The van der Waals surface area contributed by atoms with Crippen LogP contribution in [0.4, 0.5) is 11.4 Å². The molecule has 1 amide bonds. The number of aromatic hydroxyl groups is 3. The molecule has 5 bridgehead atoms. The van der Waals surface area contributed by atoms with E-state index in [-0.39, 0.29) is 44.6 Å². The van der Waals surface area contributed by atoms with Crippen molar-refractivity contribution in [1.29, 1.82) is 0 Å². The Bertz CT molecular complexity index is 1960. The van der Waals surface area contributed by atoms with Crippen LogP contribution >= 0.6 is 0 Å². The number of nitrogens with one attached hydrogen (secondary N) is 2. The number of phenols is 3. The average molecular weight is 825 g/mol. The topological polar surface area (TPSA) is 213 Å². The average Bonchev–Trinajstić information content (AvgIpc) is 3.46. The molecule has 7 N–H and O–H groups in total. The fourth-order valence-electron chi connectivity index (χ4n) is 8.01. The molecule has 3 heterocycles. The Kier molecular flexibility index (Phi) is 15.9. The number of amides is 1. The van der Waals surface area contributed by atoms with E-state index >= 15 is 0 Å². The van der Waals surface area contributed by atoms with E-state index in [2.05, 4.69) is 17.6 Å². The van der Waals surface area contributed by atoms with Gasteiger partial charge in [-0.2, -0.15) is 0 Å². The molecule has 2 aromatic rings. The maximum Gasteiger partial charge on any atom is 0.312 e. The Morgan fingerprint density at radius 3 is 2.20 bits per heavy atom. The maximum atomic E-state index is 14.4. The van der Waals surface area contributed by atoms with Gasteiger partial charge in [0.25, 0.3) is 11.7 Å². The third kappa shape index (κ3) is 9.99. The minimum atomic E-state index is -2.02. The van der Waals surface area contributed by atoms with Gasteiger partial charge in [-0.25, -0.2) is 0 Å². The molecule has 59 heavy (non-hydrogen) atoms. The zero-order chi connectivity index (χ0) is 43.9. The van der Waals surface area contributed by atoms with Crippen molar-refractivity contribution in [3.05, 3.63) is 47.3 Å². The number of Topliss-reactive ketones (excluding diaryl/α,β-unsaturated/α-hetero) is 1. The van der Waals surface area contributed by atoms with Gasteiger partial charge < -0.3 is 55.1 Å². The SMILES string of the molecule is CCCCCCCCNc1c2c(O)c3c(O)c(C)c4c(c3c1O)C(=O)[C@@](C)(O/C=C/[C@H](OC)[C@@H](C)[C@@H](OC(C)=O)[C@H](C)[C@H](O)[C@H](C)[C@@H](O)[C@@H](C)/C=C/C=C(/C)C(=O)N2)O4. The summed E-state index contributed by atoms with van der Waals surface area (Å²) in [6.45, 7) is 15.1. The van der Waals surface area contributed by atoms with E-state index in [1.807, 2.05) is 0 Å². The number of hydrogen-bond donors (Lipinski definition) is 7. The summed E-state index contributed by atoms with van der Waals surface area (Å²) in [7, 11) is 1.44. The van der Waals surface area contributed by atoms with E-state index < -0.39 is 88.8 Å². The van der Waals surface area contributed by atoms with Crippen LogP contribution in [0, 0.1) is 30.6 Å². The number of phenolic OH excluding ortho intramolecular Hbond substituents is 3. The van der Waals surface area contributed by atoms with Crippen molar-refractivity contribution in [2.24, 2.45) is 23.7 Å². The van der Waals surface area contributed by atoms with Crippen LogP contribution in [0.1, 0.15) is 110 Å². The van der Waals surface area contributed by atoms with Crippen LogP contribution < -0.4 is 15.4 Å². The highest BCUT2D eigenvalue weighted by atomic mass is 16.7. The third-order valence-electron chi connectivity index (χ3n) is 11.8. The molecule has 2 aromatic carbocycles. The van der Waals surface area contributed by atoms with Crippen molar-refractivity contribution in [3.8, 4) is 23.0 Å². The molecule has 0 aromatic heterocycles. The van der Waals surface area contributed by atoms with Gasteiger partial charge in [-0.05, 0) is 26.3 Å². The standard InChI is InChI=1S/C45H64N2O12/c1-11-12-13-14-15-16-21-46-34-35-40(53)32-31(39(34)52)33-42(28(7)38(32)51)59-45(9,43(33)54)57-22-20-30(56-10)25(4)41(58-29(8)48)27(6)37(50)26(5)36(49)23(2)18-17-19-24(3)44(55)47-35/h17-20,22-23,25-27,30,36-37,41,46,49-53H,11-16,21H2,1-10H3,(H,47,55)/b18-17+,22-20+,24-19-/t23-,25+,26+,27+,30-,36-,37+,41+,45-/m0/s1. The predicted molar refractivity (Wildman–Crippen MR) is 226 cm³/mol. The summed E-state index contributed by atoms with van der Waals surface area (Å²) in [6.07, 6.45) is 9.61. The van der Waals surface area contributed by atoms with E-state index in [1.165, 1.54) is 46.3 Å². The Labute approximate surface area is 347 Å². The molecule has 3 aliphatic heterocycles. The van der Waals surface area contributed by atoms with Gasteiger partial charge in [0.15, 0.2) is 5.75 Å². The summed E-state index contributed by atoms with van der Waals surface area (Å²) >= 11 is 0. The van der Waals surface area contributed by atoms with Gasteiger partial charge in [0.2, 0.25) is 0 Å². The number of aliphatic hydroxyl groups excluding tert-OH is 2. The molecule has 14 nitrogen and oxygen atoms in total. The number of carbonyl (C=O) groups excluding carboxylic acids is 3. The lowest BCUT2D eigenvalue weighted by atomic mass is 9.78. The second-order valence-electron chi connectivity index (χ2n) is 16.3. The molecule has 3 aliphatic rings. The smallest absolute Gasteiger partial charge is 0.312 e. The first-order chi connectivity index (χ1) is 27.8. The Morgan fingerprint density at radius 2 is 1.56 bits per heavy atom. The van der Waals surface area contributed by atoms with Gasteiger partial charge in [0, 0.05) is 67.7 Å². The van der Waals surface area contributed by atoms with Gasteiger partial charge in [-0.3, -0.25) is 14.4 Å². The zero-order valence-corrected chi connectivity index (χ0v) is 36.0. The fraction of sp³-hybridized carbons (Fsp3) is 0.578. The number of esters is 1. The quantitative estimate of drug-likeness (QED) is 0.0535. The van der Waals surface area contributed by atoms with Crippen LogP contribution in [0.15, 0.2) is 36.1 Å². The lowest BCUT2D eigenvalue weighted by Gasteiger charge is -2.38. The molecule has 5 rings (SSSR count). The lowest BCUT2D eigenvalue weighted by Crippen LogP contribution is -2.46. The summed E-state index contributed by atoms with van der Waals surface area (Å²) < 4.78 is 23.6. The molecule has 0 saturated carbocycles. The Morgan fingerprint density at radius 1 is 0.898 bits per heavy atom. The van der Waals surface area contributed by atoms with Crippen molar-refractivity contribution in [3.63, 3.8) is 0 Å². The number of fused-ring (bicyclic) bond motifs is 14. The molecule has 0 fully saturated rings. The van der Waals surface area contributed by atoms with Gasteiger partial charge in [0.1, 0.15) is 34.7 Å². The summed E-state index contributed by atoms with van der Waals surface area (Å²) in [6, 6.07) is 0. The highest BCUT2D eigenvalue weighted by Gasteiger charge is 2.50. The Balaban J connectivity index is 1.91. The number of rotatable bonds is 10. The number of anilines is 2. The summed E-state index contributed by atoms with van der Waals surface area (Å²) in [4.78, 5) is 40.4. The minimum Gasteiger partial charge on any atom is -0.507 e. The van der Waals surface area contributed by atoms with Crippen LogP contribution in [0.5, 0.6) is 23.0 Å². The first kappa shape index (κ1) is 46.9. The second-order valence-corrected chi connectivity index (χ2v) is 16.3. The van der Waals surface area contributed by atoms with E-state index in [4.69, 9.17) is 18.9 Å². The molecule has 0 spiro atoms. The largest absolute Gasteiger partial charge is 0.507 e. The molecule has 0 unspecified atom stereocenters. The first-order valence-corrected chi connectivity index (χ1v) is 20.6. The van der Waals surface area contributed by atoms with Crippen molar-refractivity contribution < 1.29 is 58.9 Å². The highest BCUT2D eigenvalue weighted by Crippen LogP contribution is 2.57. The molecule has 0 saturated heterocycles. The summed E-state index contributed by atoms with van der Waals surface area (Å²) in [5.74, 6) is -8.04. The van der Waals surface area contributed by atoms with E-state index in [1.54, 1.807) is 46.8 Å². The highest BCUT2D eigenvalue weighted by molar-refractivity contribution is 6.23. The molecule has 14 heteroatoms. The Hall–Kier alpha value is -4.79. The number of carbonyl (C=O) groups is 3. The number of methoxy groups -OCH3 is 1. The van der Waals surface area contributed by atoms with Gasteiger partial charge in [-0.15, -0.1) is 0 Å². The van der Waals surface area contributed by atoms with Crippen molar-refractivity contribution >= 4 is 39.8 Å². The zero-order valence-electron chi connectivity index (χ0n) is 36.0. The van der Waals surface area contributed by atoms with Gasteiger partial charge >= 0.3 is 11.8 Å². The van der Waals surface area contributed by atoms with Crippen molar-refractivity contribution in [2.75, 3.05) is 24.3 Å². The first-order valence-electron chi connectivity index (χ1n) is 20.6. The normalized spacial score (nSPS) is 29.9. The maximum absolute atomic E-state index is 14.4. The van der Waals surface area contributed by atoms with E-state index in [0.29, 0.717) is 13.0 Å². The predicted octanol–water partition coefficient (Wildman–Crippen LogP) is 7.53. The number of allylic oxidation sites excluding steroid dienone is 2. The number of unbranched alkanes of at least 4 members (excludes halogenated alkanes) is 5. The number of benzene rings is 2. The molecular weight excluding hydrogens is 760 g/mol. The van der Waals surface area contributed by atoms with Crippen molar-refractivity contribution in [2.45, 2.75) is 131 Å². The van der Waals surface area contributed by atoms with E-state index in [9.17, 15) is 39.9 Å². The number of ether oxygens (including phenoxy) is 4. The molecule has 0 radical (unpaired) electrons. The van der Waals surface area contributed by atoms with Crippen LogP contribution in [0.2, 0.25) is 0 Å². The minimum absolute atomic E-state index is 0.0554. The van der Waals surface area contributed by atoms with Crippen LogP contribution in [-0.2, 0) is 23.8 Å². The second kappa shape index (κ2) is 20.0. The van der Waals surface area contributed by atoms with Crippen LogP contribution in [0.3, 0.4) is 0 Å². The van der Waals surface area contributed by atoms with Gasteiger partial charge in [0.05, 0.1) is 35.5 Å². The van der Waals surface area contributed by atoms with Gasteiger partial charge in [-0.1, -0.05) is 85.0 Å². The monoisotopic (exact) mass is 824 g/mol. The third-order valence-corrected chi connectivity index (χ3v) is 11.8. The molecule has 326 valence electrons. The lowest BCUT2D eigenvalue weighted by molar-refractivity contribution is -0.160. The molecule has 9 atom stereocenters. The summed E-state index contributed by atoms with van der Waals surface area (Å²) in [5, 5.41) is 63.7. The van der Waals surface area contributed by atoms with Crippen molar-refractivity contribution in [1.82, 2.24) is 0 Å². The fourth-order valence-corrected chi connectivity index (χ4v) is 8.01. The number of hydrogen-bond acceptors (Lipinski definition) is 13. The van der Waals surface area contributed by atoms with E-state index in [0.717, 1.165) is 32.1 Å². The number of ketones is 1.